The van der Waals surface area contributed by atoms with Gasteiger partial charge in [0, 0.05) is 17.0 Å². The molecule has 1 aromatic heterocycles. The fourth-order valence-corrected chi connectivity index (χ4v) is 2.91. The lowest BCUT2D eigenvalue weighted by Gasteiger charge is -2.09. The normalized spacial score (nSPS) is 15.5. The molecule has 1 fully saturated rings. The van der Waals surface area contributed by atoms with Gasteiger partial charge in [-0.2, -0.15) is 0 Å². The quantitative estimate of drug-likeness (QED) is 0.686. The number of nitrogens with zero attached hydrogens (tertiary/aromatic N) is 1. The lowest BCUT2D eigenvalue weighted by molar-refractivity contribution is 1.04. The van der Waals surface area contributed by atoms with Crippen LogP contribution in [0.5, 0.6) is 0 Å². The van der Waals surface area contributed by atoms with E-state index in [1.807, 2.05) is 19.1 Å². The van der Waals surface area contributed by atoms with E-state index in [1.54, 1.807) is 0 Å². The van der Waals surface area contributed by atoms with Crippen molar-refractivity contribution in [2.45, 2.75) is 25.7 Å². The average Bonchev–Trinajstić information content (AvgIpc) is 3.09. The highest BCUT2D eigenvalue weighted by molar-refractivity contribution is 6.45. The molecule has 1 aliphatic carbocycles. The Morgan fingerprint density at radius 1 is 1.12 bits per heavy atom. The predicted octanol–water partition coefficient (Wildman–Crippen LogP) is 5.38. The summed E-state index contributed by atoms with van der Waals surface area (Å²) in [6, 6.07) is 3.76. The van der Waals surface area contributed by atoms with Crippen LogP contribution >= 0.6 is 34.8 Å². The fourth-order valence-electron chi connectivity index (χ4n) is 2.02. The lowest BCUT2D eigenvalue weighted by atomic mass is 10.1. The van der Waals surface area contributed by atoms with Gasteiger partial charge in [-0.3, -0.25) is 4.98 Å². The van der Waals surface area contributed by atoms with Gasteiger partial charge in [-0.1, -0.05) is 34.8 Å². The molecular weight excluding hydrogens is 277 g/mol. The first-order valence-electron chi connectivity index (χ1n) is 5.52. The number of fused-ring (bicyclic) bond motifs is 1. The summed E-state index contributed by atoms with van der Waals surface area (Å²) >= 11 is 18.8. The first-order valence-corrected chi connectivity index (χ1v) is 6.66. The summed E-state index contributed by atoms with van der Waals surface area (Å²) in [6.07, 6.45) is 2.37. The zero-order chi connectivity index (χ0) is 12.2. The minimum atomic E-state index is 0.549. The fraction of sp³-hybridized carbons (Fsp3) is 0.308. The Morgan fingerprint density at radius 3 is 2.47 bits per heavy atom. The van der Waals surface area contributed by atoms with Crippen LogP contribution < -0.4 is 0 Å². The summed E-state index contributed by atoms with van der Waals surface area (Å²) in [7, 11) is 0. The van der Waals surface area contributed by atoms with Crippen molar-refractivity contribution in [2.75, 3.05) is 0 Å². The predicted molar refractivity (Wildman–Crippen MR) is 73.5 cm³/mol. The van der Waals surface area contributed by atoms with Crippen LogP contribution in [-0.2, 0) is 0 Å². The van der Waals surface area contributed by atoms with Gasteiger partial charge in [0.15, 0.2) is 0 Å². The van der Waals surface area contributed by atoms with Crippen molar-refractivity contribution >= 4 is 45.7 Å². The Hall–Kier alpha value is -0.500. The van der Waals surface area contributed by atoms with E-state index < -0.39 is 0 Å². The Bertz CT molecular complexity index is 618. The van der Waals surface area contributed by atoms with Crippen LogP contribution in [0.15, 0.2) is 12.1 Å². The van der Waals surface area contributed by atoms with E-state index >= 15 is 0 Å². The van der Waals surface area contributed by atoms with E-state index in [1.165, 1.54) is 12.8 Å². The van der Waals surface area contributed by atoms with Crippen LogP contribution in [0, 0.1) is 6.92 Å². The molecule has 1 saturated carbocycles. The zero-order valence-corrected chi connectivity index (χ0v) is 11.5. The molecule has 0 spiro atoms. The largest absolute Gasteiger partial charge is 0.251 e. The van der Waals surface area contributed by atoms with Crippen LogP contribution in [0.25, 0.3) is 10.9 Å². The molecule has 1 heterocycles. The maximum atomic E-state index is 6.30. The first kappa shape index (κ1) is 11.6. The zero-order valence-electron chi connectivity index (χ0n) is 9.23. The van der Waals surface area contributed by atoms with Crippen molar-refractivity contribution in [2.24, 2.45) is 0 Å². The van der Waals surface area contributed by atoms with Gasteiger partial charge < -0.3 is 0 Å². The highest BCUT2D eigenvalue weighted by Crippen LogP contribution is 2.43. The monoisotopic (exact) mass is 285 g/mol. The van der Waals surface area contributed by atoms with Gasteiger partial charge in [0.25, 0.3) is 0 Å². The van der Waals surface area contributed by atoms with Gasteiger partial charge >= 0.3 is 0 Å². The summed E-state index contributed by atoms with van der Waals surface area (Å²) in [5, 5.41) is 2.67. The number of rotatable bonds is 1. The molecule has 1 nitrogen and oxygen atoms in total. The molecular formula is C13H10Cl3N. The number of benzene rings is 1. The number of aromatic nitrogens is 1. The molecule has 3 rings (SSSR count). The third-order valence-corrected chi connectivity index (χ3v) is 4.20. The highest BCUT2D eigenvalue weighted by Gasteiger charge is 2.26. The van der Waals surface area contributed by atoms with Crippen LogP contribution in [-0.4, -0.2) is 4.98 Å². The Kier molecular flexibility index (Phi) is 2.73. The lowest BCUT2D eigenvalue weighted by Crippen LogP contribution is -1.92. The molecule has 0 N–H and O–H groups in total. The Labute approximate surface area is 115 Å². The van der Waals surface area contributed by atoms with E-state index in [0.29, 0.717) is 21.0 Å². The number of halogens is 3. The number of hydrogen-bond donors (Lipinski definition) is 0. The van der Waals surface area contributed by atoms with Crippen LogP contribution in [0.3, 0.4) is 0 Å². The molecule has 0 radical (unpaired) electrons. The smallest absolute Gasteiger partial charge is 0.0921 e. The number of hydrogen-bond acceptors (Lipinski definition) is 1. The van der Waals surface area contributed by atoms with E-state index in [0.717, 1.165) is 22.2 Å². The van der Waals surface area contributed by atoms with Gasteiger partial charge in [0.05, 0.1) is 20.6 Å². The average molecular weight is 287 g/mol. The van der Waals surface area contributed by atoms with E-state index in [-0.39, 0.29) is 0 Å². The molecule has 4 heteroatoms. The summed E-state index contributed by atoms with van der Waals surface area (Å²) in [5.41, 5.74) is 2.67. The van der Waals surface area contributed by atoms with Gasteiger partial charge in [-0.15, -0.1) is 0 Å². The number of aryl methyl sites for hydroxylation is 1. The summed E-state index contributed by atoms with van der Waals surface area (Å²) < 4.78 is 0. The third-order valence-electron chi connectivity index (χ3n) is 3.12. The molecule has 0 unspecified atom stereocenters. The molecule has 1 aliphatic rings. The Morgan fingerprint density at radius 2 is 1.82 bits per heavy atom. The van der Waals surface area contributed by atoms with Crippen LogP contribution in [0.1, 0.15) is 30.0 Å². The van der Waals surface area contributed by atoms with Gasteiger partial charge in [-0.25, -0.2) is 0 Å². The SMILES string of the molecule is Cc1cc(Cl)c2nc(C3CC3)cc(Cl)c2c1Cl. The van der Waals surface area contributed by atoms with E-state index in [2.05, 4.69) is 4.98 Å². The van der Waals surface area contributed by atoms with Crippen molar-refractivity contribution in [3.8, 4) is 0 Å². The third kappa shape index (κ3) is 1.91. The van der Waals surface area contributed by atoms with Crippen molar-refractivity contribution in [3.05, 3.63) is 38.5 Å². The van der Waals surface area contributed by atoms with Gasteiger partial charge in [0.1, 0.15) is 0 Å². The second-order valence-corrected chi connectivity index (χ2v) is 5.71. The van der Waals surface area contributed by atoms with Crippen molar-refractivity contribution < 1.29 is 0 Å². The van der Waals surface area contributed by atoms with Gasteiger partial charge in [-0.05, 0) is 37.5 Å². The molecule has 2 aromatic rings. The van der Waals surface area contributed by atoms with Crippen molar-refractivity contribution in [3.63, 3.8) is 0 Å². The van der Waals surface area contributed by atoms with Crippen LogP contribution in [0.4, 0.5) is 0 Å². The van der Waals surface area contributed by atoms with E-state index in [9.17, 15) is 0 Å². The van der Waals surface area contributed by atoms with Crippen molar-refractivity contribution in [1.82, 2.24) is 4.98 Å². The molecule has 0 saturated heterocycles. The van der Waals surface area contributed by atoms with E-state index in [4.69, 9.17) is 34.8 Å². The molecule has 0 aliphatic heterocycles. The molecule has 0 amide bonds. The second-order valence-electron chi connectivity index (χ2n) is 4.52. The number of pyridine rings is 1. The molecule has 17 heavy (non-hydrogen) atoms. The van der Waals surface area contributed by atoms with Crippen LogP contribution in [0.2, 0.25) is 15.1 Å². The molecule has 0 bridgehead atoms. The highest BCUT2D eigenvalue weighted by atomic mass is 35.5. The summed E-state index contributed by atoms with van der Waals surface area (Å²) in [5.74, 6) is 0.549. The second kappa shape index (κ2) is 4.01. The molecule has 0 atom stereocenters. The first-order chi connectivity index (χ1) is 8.08. The molecule has 1 aromatic carbocycles. The maximum absolute atomic E-state index is 6.30. The minimum Gasteiger partial charge on any atom is -0.251 e. The standard InChI is InChI=1S/C13H10Cl3N/c1-6-4-9(15)13-11(12(6)16)8(14)5-10(17-13)7-2-3-7/h4-5,7H,2-3H2,1H3. The minimum absolute atomic E-state index is 0.549. The maximum Gasteiger partial charge on any atom is 0.0921 e. The van der Waals surface area contributed by atoms with Gasteiger partial charge in [0.2, 0.25) is 0 Å². The van der Waals surface area contributed by atoms with Crippen molar-refractivity contribution in [1.29, 1.82) is 0 Å². The summed E-state index contributed by atoms with van der Waals surface area (Å²) in [6.45, 7) is 1.92. The topological polar surface area (TPSA) is 12.9 Å². The molecule has 88 valence electrons. The Balaban J connectivity index is 2.38. The summed E-state index contributed by atoms with van der Waals surface area (Å²) in [4.78, 5) is 4.60.